The average molecular weight is 300 g/mol. The van der Waals surface area contributed by atoms with Crippen molar-refractivity contribution in [2.24, 2.45) is 0 Å². The summed E-state index contributed by atoms with van der Waals surface area (Å²) >= 11 is 1.94. The first-order chi connectivity index (χ1) is 10.7. The number of benzene rings is 3. The molecule has 5 rings (SSSR count). The van der Waals surface area contributed by atoms with Crippen LogP contribution in [0.15, 0.2) is 48.5 Å². The largest absolute Gasteiger partial charge is 0.135 e. The maximum Gasteiger partial charge on any atom is 0.0387 e. The van der Waals surface area contributed by atoms with Gasteiger partial charge in [0.2, 0.25) is 0 Å². The second-order valence-corrected chi connectivity index (χ2v) is 7.33. The van der Waals surface area contributed by atoms with Gasteiger partial charge in [0.05, 0.1) is 0 Å². The topological polar surface area (TPSA) is 0 Å². The second kappa shape index (κ2) is 4.21. The molecule has 0 spiro atoms. The SMILES string of the molecule is Cc1cccc2c1Cc1c-2cc2c(sc3ccccc32)c1C. The number of fused-ring (bicyclic) bond motifs is 6. The summed E-state index contributed by atoms with van der Waals surface area (Å²) in [4.78, 5) is 0. The molecule has 0 saturated carbocycles. The summed E-state index contributed by atoms with van der Waals surface area (Å²) in [5, 5.41) is 2.82. The summed E-state index contributed by atoms with van der Waals surface area (Å²) < 4.78 is 2.86. The number of thiophene rings is 1. The zero-order chi connectivity index (χ0) is 14.8. The van der Waals surface area contributed by atoms with Gasteiger partial charge < -0.3 is 0 Å². The molecule has 4 aromatic rings. The molecule has 1 aliphatic carbocycles. The van der Waals surface area contributed by atoms with Crippen molar-refractivity contribution in [2.45, 2.75) is 20.3 Å². The molecule has 0 nitrogen and oxygen atoms in total. The van der Waals surface area contributed by atoms with E-state index in [1.54, 1.807) is 0 Å². The van der Waals surface area contributed by atoms with Gasteiger partial charge in [-0.25, -0.2) is 0 Å². The minimum Gasteiger partial charge on any atom is -0.135 e. The maximum absolute atomic E-state index is 2.43. The van der Waals surface area contributed by atoms with Crippen LogP contribution in [0.2, 0.25) is 0 Å². The van der Waals surface area contributed by atoms with E-state index in [9.17, 15) is 0 Å². The molecule has 0 atom stereocenters. The highest BCUT2D eigenvalue weighted by molar-refractivity contribution is 7.26. The summed E-state index contributed by atoms with van der Waals surface area (Å²) in [6.45, 7) is 4.54. The van der Waals surface area contributed by atoms with Crippen molar-refractivity contribution in [1.29, 1.82) is 0 Å². The van der Waals surface area contributed by atoms with Crippen molar-refractivity contribution in [3.05, 3.63) is 70.8 Å². The summed E-state index contributed by atoms with van der Waals surface area (Å²) in [6.07, 6.45) is 1.09. The molecule has 3 aromatic carbocycles. The molecule has 0 saturated heterocycles. The van der Waals surface area contributed by atoms with E-state index in [2.05, 4.69) is 62.4 Å². The van der Waals surface area contributed by atoms with Gasteiger partial charge in [-0.2, -0.15) is 0 Å². The number of hydrogen-bond acceptors (Lipinski definition) is 1. The summed E-state index contributed by atoms with van der Waals surface area (Å²) in [7, 11) is 0. The minimum atomic E-state index is 1.09. The van der Waals surface area contributed by atoms with Crippen LogP contribution in [0.1, 0.15) is 22.3 Å². The Morgan fingerprint density at radius 1 is 0.818 bits per heavy atom. The standard InChI is InChI=1S/C21H16S/c1-12-6-5-8-14-16(12)10-17-13(2)21-19(11-18(14)17)15-7-3-4-9-20(15)22-21/h3-9,11H,10H2,1-2H3. The molecule has 106 valence electrons. The Hall–Kier alpha value is -2.12. The van der Waals surface area contributed by atoms with Crippen molar-refractivity contribution < 1.29 is 0 Å². The van der Waals surface area contributed by atoms with Crippen LogP contribution >= 0.6 is 11.3 Å². The Bertz CT molecular complexity index is 1070. The Balaban J connectivity index is 1.94. The fourth-order valence-corrected chi connectivity index (χ4v) is 5.10. The molecule has 1 aliphatic rings. The lowest BCUT2D eigenvalue weighted by molar-refractivity contribution is 1.20. The molecule has 0 aliphatic heterocycles. The fraction of sp³-hybridized carbons (Fsp3) is 0.143. The van der Waals surface area contributed by atoms with Gasteiger partial charge in [-0.15, -0.1) is 11.3 Å². The third-order valence-corrected chi connectivity index (χ3v) is 6.40. The van der Waals surface area contributed by atoms with Gasteiger partial charge in [0.1, 0.15) is 0 Å². The van der Waals surface area contributed by atoms with E-state index in [1.807, 2.05) is 11.3 Å². The third kappa shape index (κ3) is 1.47. The minimum absolute atomic E-state index is 1.09. The van der Waals surface area contributed by atoms with Gasteiger partial charge >= 0.3 is 0 Å². The van der Waals surface area contributed by atoms with E-state index < -0.39 is 0 Å². The molecular formula is C21H16S. The van der Waals surface area contributed by atoms with Crippen LogP contribution in [0.3, 0.4) is 0 Å². The summed E-state index contributed by atoms with van der Waals surface area (Å²) in [5.74, 6) is 0. The second-order valence-electron chi connectivity index (χ2n) is 6.28. The van der Waals surface area contributed by atoms with Crippen LogP contribution in [0.25, 0.3) is 31.3 Å². The molecule has 22 heavy (non-hydrogen) atoms. The lowest BCUT2D eigenvalue weighted by atomic mass is 9.98. The Kier molecular flexibility index (Phi) is 2.38. The van der Waals surface area contributed by atoms with Crippen molar-refractivity contribution in [3.8, 4) is 11.1 Å². The van der Waals surface area contributed by atoms with Gasteiger partial charge in [-0.1, -0.05) is 36.4 Å². The van der Waals surface area contributed by atoms with Gasteiger partial charge in [0.25, 0.3) is 0 Å². The molecule has 0 radical (unpaired) electrons. The lowest BCUT2D eigenvalue weighted by Crippen LogP contribution is -1.88. The van der Waals surface area contributed by atoms with Crippen LogP contribution < -0.4 is 0 Å². The highest BCUT2D eigenvalue weighted by atomic mass is 32.1. The predicted octanol–water partition coefficient (Wildman–Crippen LogP) is 6.24. The normalized spacial score (nSPS) is 12.8. The molecule has 0 unspecified atom stereocenters. The first kappa shape index (κ1) is 12.4. The van der Waals surface area contributed by atoms with E-state index in [0.29, 0.717) is 0 Å². The molecule has 0 fully saturated rings. The maximum atomic E-state index is 2.43. The van der Waals surface area contributed by atoms with Crippen LogP contribution in [0, 0.1) is 13.8 Å². The summed E-state index contributed by atoms with van der Waals surface area (Å²) in [6, 6.07) is 17.9. The molecule has 1 heterocycles. The zero-order valence-corrected chi connectivity index (χ0v) is 13.6. The van der Waals surface area contributed by atoms with Crippen molar-refractivity contribution >= 4 is 31.5 Å². The van der Waals surface area contributed by atoms with E-state index in [-0.39, 0.29) is 0 Å². The number of hydrogen-bond donors (Lipinski definition) is 0. The number of aryl methyl sites for hydroxylation is 2. The Morgan fingerprint density at radius 2 is 1.68 bits per heavy atom. The van der Waals surface area contributed by atoms with Crippen LogP contribution in [-0.4, -0.2) is 0 Å². The molecule has 0 amide bonds. The van der Waals surface area contributed by atoms with Crippen molar-refractivity contribution in [1.82, 2.24) is 0 Å². The summed E-state index contributed by atoms with van der Waals surface area (Å²) in [5.41, 5.74) is 8.83. The van der Waals surface area contributed by atoms with Gasteiger partial charge in [0.15, 0.2) is 0 Å². The van der Waals surface area contributed by atoms with E-state index >= 15 is 0 Å². The smallest absolute Gasteiger partial charge is 0.0387 e. The van der Waals surface area contributed by atoms with Crippen LogP contribution in [-0.2, 0) is 6.42 Å². The van der Waals surface area contributed by atoms with Crippen LogP contribution in [0.5, 0.6) is 0 Å². The Morgan fingerprint density at radius 3 is 2.59 bits per heavy atom. The van der Waals surface area contributed by atoms with Gasteiger partial charge in [0, 0.05) is 20.2 Å². The fourth-order valence-electron chi connectivity index (χ4n) is 3.89. The molecule has 1 heteroatoms. The molecular weight excluding hydrogens is 284 g/mol. The average Bonchev–Trinajstić information content (AvgIpc) is 3.08. The van der Waals surface area contributed by atoms with E-state index in [1.165, 1.54) is 53.6 Å². The third-order valence-electron chi connectivity index (χ3n) is 5.09. The Labute approximate surface area is 134 Å². The molecule has 0 N–H and O–H groups in total. The predicted molar refractivity (Wildman–Crippen MR) is 97.0 cm³/mol. The first-order valence-corrected chi connectivity index (χ1v) is 8.58. The highest BCUT2D eigenvalue weighted by Gasteiger charge is 2.23. The zero-order valence-electron chi connectivity index (χ0n) is 12.7. The molecule has 0 bridgehead atoms. The van der Waals surface area contributed by atoms with E-state index in [0.717, 1.165) is 6.42 Å². The monoisotopic (exact) mass is 300 g/mol. The van der Waals surface area contributed by atoms with Crippen LogP contribution in [0.4, 0.5) is 0 Å². The van der Waals surface area contributed by atoms with Crippen molar-refractivity contribution in [3.63, 3.8) is 0 Å². The quantitative estimate of drug-likeness (QED) is 0.317. The van der Waals surface area contributed by atoms with Gasteiger partial charge in [-0.05, 0) is 65.8 Å². The van der Waals surface area contributed by atoms with Crippen molar-refractivity contribution in [2.75, 3.05) is 0 Å². The highest BCUT2D eigenvalue weighted by Crippen LogP contribution is 2.46. The molecule has 1 aromatic heterocycles. The first-order valence-electron chi connectivity index (χ1n) is 7.76. The lowest BCUT2D eigenvalue weighted by Gasteiger charge is -2.06. The number of rotatable bonds is 0. The van der Waals surface area contributed by atoms with E-state index in [4.69, 9.17) is 0 Å². The van der Waals surface area contributed by atoms with Gasteiger partial charge in [-0.3, -0.25) is 0 Å².